The third kappa shape index (κ3) is 4.11. The van der Waals surface area contributed by atoms with E-state index in [-0.39, 0.29) is 11.9 Å². The van der Waals surface area contributed by atoms with Crippen LogP contribution in [0.4, 0.5) is 0 Å². The molecular formula is C15H23NO2S. The molecule has 1 aromatic heterocycles. The molecule has 1 aliphatic rings. The lowest BCUT2D eigenvalue weighted by Crippen LogP contribution is -2.35. The van der Waals surface area contributed by atoms with Gasteiger partial charge in [-0.2, -0.15) is 0 Å². The van der Waals surface area contributed by atoms with Crippen LogP contribution in [0, 0.1) is 12.8 Å². The van der Waals surface area contributed by atoms with Crippen LogP contribution in [0.5, 0.6) is 0 Å². The second kappa shape index (κ2) is 7.15. The Balaban J connectivity index is 1.98. The Morgan fingerprint density at radius 1 is 1.47 bits per heavy atom. The SMILES string of the molecule is CCOC(C(=O)Cc1nc(C)cs1)C1CCCCC1. The number of hydrogen-bond donors (Lipinski definition) is 0. The number of ketones is 1. The Labute approximate surface area is 119 Å². The molecule has 2 rings (SSSR count). The van der Waals surface area contributed by atoms with E-state index in [0.29, 0.717) is 18.9 Å². The van der Waals surface area contributed by atoms with Gasteiger partial charge in [0.25, 0.3) is 0 Å². The van der Waals surface area contributed by atoms with E-state index >= 15 is 0 Å². The molecule has 3 nitrogen and oxygen atoms in total. The van der Waals surface area contributed by atoms with E-state index in [4.69, 9.17) is 4.74 Å². The molecular weight excluding hydrogens is 258 g/mol. The van der Waals surface area contributed by atoms with Crippen molar-refractivity contribution in [2.45, 2.75) is 58.5 Å². The van der Waals surface area contributed by atoms with Gasteiger partial charge >= 0.3 is 0 Å². The van der Waals surface area contributed by atoms with Gasteiger partial charge in [0, 0.05) is 17.7 Å². The summed E-state index contributed by atoms with van der Waals surface area (Å²) in [5.41, 5.74) is 0.999. The maximum Gasteiger partial charge on any atom is 0.168 e. The highest BCUT2D eigenvalue weighted by atomic mass is 32.1. The van der Waals surface area contributed by atoms with Crippen LogP contribution in [0.1, 0.15) is 49.7 Å². The monoisotopic (exact) mass is 281 g/mol. The summed E-state index contributed by atoms with van der Waals surface area (Å²) in [4.78, 5) is 16.8. The second-order valence-corrected chi connectivity index (χ2v) is 6.24. The highest BCUT2D eigenvalue weighted by Crippen LogP contribution is 2.29. The maximum absolute atomic E-state index is 12.5. The van der Waals surface area contributed by atoms with E-state index in [9.17, 15) is 4.79 Å². The molecule has 0 N–H and O–H groups in total. The summed E-state index contributed by atoms with van der Waals surface area (Å²) >= 11 is 1.57. The fourth-order valence-corrected chi connectivity index (χ4v) is 3.62. The normalized spacial score (nSPS) is 18.4. The van der Waals surface area contributed by atoms with Crippen LogP contribution in [-0.4, -0.2) is 23.5 Å². The van der Waals surface area contributed by atoms with Gasteiger partial charge in [-0.05, 0) is 32.6 Å². The lowest BCUT2D eigenvalue weighted by atomic mass is 9.83. The third-order valence-electron chi connectivity index (χ3n) is 3.73. The first-order chi connectivity index (χ1) is 9.20. The maximum atomic E-state index is 12.5. The predicted octanol–water partition coefficient (Wildman–Crippen LogP) is 3.55. The molecule has 0 amide bonds. The summed E-state index contributed by atoms with van der Waals surface area (Å²) in [5, 5.41) is 2.92. The molecule has 1 saturated carbocycles. The molecule has 0 bridgehead atoms. The Kier molecular flexibility index (Phi) is 5.52. The van der Waals surface area contributed by atoms with E-state index in [2.05, 4.69) is 4.98 Å². The highest BCUT2D eigenvalue weighted by Gasteiger charge is 2.30. The average molecular weight is 281 g/mol. The minimum absolute atomic E-state index is 0.211. The molecule has 0 radical (unpaired) electrons. The number of ether oxygens (including phenoxy) is 1. The molecule has 106 valence electrons. The van der Waals surface area contributed by atoms with Crippen molar-refractivity contribution in [3.8, 4) is 0 Å². The summed E-state index contributed by atoms with van der Waals surface area (Å²) < 4.78 is 5.75. The Morgan fingerprint density at radius 3 is 2.79 bits per heavy atom. The second-order valence-electron chi connectivity index (χ2n) is 5.30. The molecule has 0 saturated heterocycles. The fraction of sp³-hybridized carbons (Fsp3) is 0.733. The van der Waals surface area contributed by atoms with Gasteiger partial charge in [0.15, 0.2) is 5.78 Å². The van der Waals surface area contributed by atoms with Gasteiger partial charge in [-0.15, -0.1) is 11.3 Å². The molecule has 4 heteroatoms. The van der Waals surface area contributed by atoms with Crippen molar-refractivity contribution >= 4 is 17.1 Å². The van der Waals surface area contributed by atoms with Gasteiger partial charge in [-0.1, -0.05) is 19.3 Å². The van der Waals surface area contributed by atoms with Gasteiger partial charge in [-0.25, -0.2) is 4.98 Å². The van der Waals surface area contributed by atoms with E-state index in [1.807, 2.05) is 19.2 Å². The van der Waals surface area contributed by atoms with Crippen molar-refractivity contribution < 1.29 is 9.53 Å². The summed E-state index contributed by atoms with van der Waals surface area (Å²) in [5.74, 6) is 0.630. The standard InChI is InChI=1S/C15H23NO2S/c1-3-18-15(12-7-5-4-6-8-12)13(17)9-14-16-11(2)10-19-14/h10,12,15H,3-9H2,1-2H3. The van der Waals surface area contributed by atoms with Crippen LogP contribution in [0.25, 0.3) is 0 Å². The van der Waals surface area contributed by atoms with E-state index in [1.165, 1.54) is 19.3 Å². The van der Waals surface area contributed by atoms with E-state index in [1.54, 1.807) is 11.3 Å². The summed E-state index contributed by atoms with van der Waals surface area (Å²) in [6.45, 7) is 4.55. The number of nitrogens with zero attached hydrogens (tertiary/aromatic N) is 1. The van der Waals surface area contributed by atoms with Crippen molar-refractivity contribution in [2.24, 2.45) is 5.92 Å². The largest absolute Gasteiger partial charge is 0.370 e. The zero-order valence-electron chi connectivity index (χ0n) is 11.9. The number of rotatable bonds is 6. The minimum atomic E-state index is -0.213. The van der Waals surface area contributed by atoms with E-state index < -0.39 is 0 Å². The number of aryl methyl sites for hydroxylation is 1. The zero-order valence-corrected chi connectivity index (χ0v) is 12.7. The van der Waals surface area contributed by atoms with Crippen molar-refractivity contribution in [3.63, 3.8) is 0 Å². The number of Topliss-reactive ketones (excluding diaryl/α,β-unsaturated/α-hetero) is 1. The van der Waals surface area contributed by atoms with Gasteiger partial charge in [0.2, 0.25) is 0 Å². The highest BCUT2D eigenvalue weighted by molar-refractivity contribution is 7.09. The van der Waals surface area contributed by atoms with Crippen LogP contribution in [0.2, 0.25) is 0 Å². The Morgan fingerprint density at radius 2 is 2.21 bits per heavy atom. The Hall–Kier alpha value is -0.740. The van der Waals surface area contributed by atoms with Crippen molar-refractivity contribution in [1.29, 1.82) is 0 Å². The average Bonchev–Trinajstić information content (AvgIpc) is 2.82. The summed E-state index contributed by atoms with van der Waals surface area (Å²) in [6.07, 6.45) is 6.25. The molecule has 1 aromatic rings. The van der Waals surface area contributed by atoms with Gasteiger partial charge in [0.1, 0.15) is 11.1 Å². The molecule has 1 unspecified atom stereocenters. The number of aromatic nitrogens is 1. The van der Waals surface area contributed by atoms with Gasteiger partial charge in [0.05, 0.1) is 6.42 Å². The molecule has 0 spiro atoms. The molecule has 0 aromatic carbocycles. The van der Waals surface area contributed by atoms with Crippen molar-refractivity contribution in [3.05, 3.63) is 16.1 Å². The third-order valence-corrected chi connectivity index (χ3v) is 4.70. The zero-order chi connectivity index (χ0) is 13.7. The predicted molar refractivity (Wildman–Crippen MR) is 77.6 cm³/mol. The lowest BCUT2D eigenvalue weighted by Gasteiger charge is -2.28. The summed E-state index contributed by atoms with van der Waals surface area (Å²) in [6, 6.07) is 0. The lowest BCUT2D eigenvalue weighted by molar-refractivity contribution is -0.134. The summed E-state index contributed by atoms with van der Waals surface area (Å²) in [7, 11) is 0. The number of carbonyl (C=O) groups excluding carboxylic acids is 1. The Bertz CT molecular complexity index is 410. The van der Waals surface area contributed by atoms with Crippen molar-refractivity contribution in [2.75, 3.05) is 6.61 Å². The first-order valence-electron chi connectivity index (χ1n) is 7.26. The van der Waals surface area contributed by atoms with Crippen LogP contribution in [0.3, 0.4) is 0 Å². The number of thiazole rings is 1. The molecule has 0 aliphatic heterocycles. The van der Waals surface area contributed by atoms with Crippen LogP contribution < -0.4 is 0 Å². The van der Waals surface area contributed by atoms with E-state index in [0.717, 1.165) is 23.5 Å². The molecule has 19 heavy (non-hydrogen) atoms. The molecule has 1 heterocycles. The topological polar surface area (TPSA) is 39.2 Å². The minimum Gasteiger partial charge on any atom is -0.370 e. The smallest absolute Gasteiger partial charge is 0.168 e. The molecule has 1 atom stereocenters. The number of hydrogen-bond acceptors (Lipinski definition) is 4. The first-order valence-corrected chi connectivity index (χ1v) is 8.14. The fourth-order valence-electron chi connectivity index (χ4n) is 2.84. The van der Waals surface area contributed by atoms with Crippen LogP contribution in [0.15, 0.2) is 5.38 Å². The first kappa shape index (κ1) is 14.7. The molecule has 1 fully saturated rings. The number of carbonyl (C=O) groups is 1. The van der Waals surface area contributed by atoms with Gasteiger partial charge in [-0.3, -0.25) is 4.79 Å². The quantitative estimate of drug-likeness (QED) is 0.800. The van der Waals surface area contributed by atoms with Crippen molar-refractivity contribution in [1.82, 2.24) is 4.98 Å². The van der Waals surface area contributed by atoms with Crippen LogP contribution in [-0.2, 0) is 16.0 Å². The van der Waals surface area contributed by atoms with Crippen LogP contribution >= 0.6 is 11.3 Å². The van der Waals surface area contributed by atoms with Gasteiger partial charge < -0.3 is 4.74 Å². The molecule has 1 aliphatic carbocycles.